The summed E-state index contributed by atoms with van der Waals surface area (Å²) < 4.78 is 5.26. The van der Waals surface area contributed by atoms with Crippen LogP contribution in [0, 0.1) is 6.92 Å². The van der Waals surface area contributed by atoms with Crippen LogP contribution < -0.4 is 0 Å². The Kier molecular flexibility index (Phi) is 5.27. The second kappa shape index (κ2) is 7.39. The van der Waals surface area contributed by atoms with Crippen LogP contribution in [0.2, 0.25) is 0 Å². The highest BCUT2D eigenvalue weighted by Crippen LogP contribution is 2.11. The molecule has 0 fully saturated rings. The number of hydrogen-bond acceptors (Lipinski definition) is 3. The number of rotatable bonds is 5. The van der Waals surface area contributed by atoms with Gasteiger partial charge in [-0.25, -0.2) is 4.79 Å². The van der Waals surface area contributed by atoms with Gasteiger partial charge in [-0.1, -0.05) is 35.9 Å². The van der Waals surface area contributed by atoms with Crippen LogP contribution in [0.4, 0.5) is 5.69 Å². The first-order valence-electron chi connectivity index (χ1n) is 6.98. The summed E-state index contributed by atoms with van der Waals surface area (Å²) in [4.78, 5) is 16.3. The van der Waals surface area contributed by atoms with Crippen molar-refractivity contribution in [3.63, 3.8) is 0 Å². The Morgan fingerprint density at radius 2 is 1.71 bits per heavy atom. The number of hydrogen-bond donors (Lipinski definition) is 0. The Morgan fingerprint density at radius 1 is 1.05 bits per heavy atom. The molecule has 0 heterocycles. The fraction of sp³-hybridized carbons (Fsp3) is 0.222. The zero-order valence-corrected chi connectivity index (χ0v) is 12.4. The highest BCUT2D eigenvalue weighted by atomic mass is 16.5. The third kappa shape index (κ3) is 4.88. The van der Waals surface area contributed by atoms with Crippen molar-refractivity contribution in [3.8, 4) is 0 Å². The number of carbonyl (C=O) groups excluding carboxylic acids is 1. The van der Waals surface area contributed by atoms with Crippen LogP contribution in [0.3, 0.4) is 0 Å². The third-order valence-corrected chi connectivity index (χ3v) is 3.06. The van der Waals surface area contributed by atoms with E-state index in [1.54, 1.807) is 12.1 Å². The first-order valence-corrected chi connectivity index (χ1v) is 6.98. The Balaban J connectivity index is 1.82. The maximum Gasteiger partial charge on any atom is 0.338 e. The molecule has 2 aromatic rings. The van der Waals surface area contributed by atoms with E-state index in [0.717, 1.165) is 17.0 Å². The SMILES string of the molecule is CC(CCOC(=O)c1ccc(C)cc1)=Nc1ccccc1. The van der Waals surface area contributed by atoms with E-state index in [0.29, 0.717) is 18.6 Å². The highest BCUT2D eigenvalue weighted by Gasteiger charge is 2.06. The van der Waals surface area contributed by atoms with Gasteiger partial charge in [0.25, 0.3) is 0 Å². The zero-order valence-electron chi connectivity index (χ0n) is 12.4. The van der Waals surface area contributed by atoms with Crippen LogP contribution in [0.1, 0.15) is 29.3 Å². The van der Waals surface area contributed by atoms with E-state index in [2.05, 4.69) is 4.99 Å². The lowest BCUT2D eigenvalue weighted by molar-refractivity contribution is 0.0516. The van der Waals surface area contributed by atoms with E-state index in [4.69, 9.17) is 4.74 Å². The van der Waals surface area contributed by atoms with Gasteiger partial charge in [0.05, 0.1) is 17.9 Å². The van der Waals surface area contributed by atoms with E-state index < -0.39 is 0 Å². The number of ether oxygens (including phenoxy) is 1. The van der Waals surface area contributed by atoms with E-state index in [-0.39, 0.29) is 5.97 Å². The van der Waals surface area contributed by atoms with Crippen LogP contribution in [0.25, 0.3) is 0 Å². The molecule has 0 bridgehead atoms. The fourth-order valence-electron chi connectivity index (χ4n) is 1.84. The molecule has 0 aliphatic heterocycles. The molecule has 0 saturated heterocycles. The minimum Gasteiger partial charge on any atom is -0.462 e. The maximum absolute atomic E-state index is 11.8. The maximum atomic E-state index is 11.8. The number of nitrogens with zero attached hydrogens (tertiary/aromatic N) is 1. The van der Waals surface area contributed by atoms with Crippen molar-refractivity contribution < 1.29 is 9.53 Å². The molecule has 0 amide bonds. The van der Waals surface area contributed by atoms with Gasteiger partial charge in [-0.2, -0.15) is 0 Å². The van der Waals surface area contributed by atoms with Crippen molar-refractivity contribution in [1.82, 2.24) is 0 Å². The van der Waals surface area contributed by atoms with Gasteiger partial charge in [0, 0.05) is 12.1 Å². The first-order chi connectivity index (χ1) is 10.1. The van der Waals surface area contributed by atoms with Crippen molar-refractivity contribution >= 4 is 17.4 Å². The smallest absolute Gasteiger partial charge is 0.338 e. The minimum absolute atomic E-state index is 0.289. The van der Waals surface area contributed by atoms with Gasteiger partial charge in [0.15, 0.2) is 0 Å². The quantitative estimate of drug-likeness (QED) is 0.604. The van der Waals surface area contributed by atoms with E-state index in [9.17, 15) is 4.79 Å². The topological polar surface area (TPSA) is 38.7 Å². The summed E-state index contributed by atoms with van der Waals surface area (Å²) in [6, 6.07) is 17.1. The van der Waals surface area contributed by atoms with Crippen LogP contribution in [-0.2, 0) is 4.74 Å². The second-order valence-electron chi connectivity index (χ2n) is 4.93. The third-order valence-electron chi connectivity index (χ3n) is 3.06. The van der Waals surface area contributed by atoms with Crippen molar-refractivity contribution in [3.05, 3.63) is 65.7 Å². The summed E-state index contributed by atoms with van der Waals surface area (Å²) in [6.07, 6.45) is 0.631. The van der Waals surface area contributed by atoms with Gasteiger partial charge < -0.3 is 4.74 Å². The number of aryl methyl sites for hydroxylation is 1. The fourth-order valence-corrected chi connectivity index (χ4v) is 1.84. The molecule has 21 heavy (non-hydrogen) atoms. The van der Waals surface area contributed by atoms with Gasteiger partial charge in [0.2, 0.25) is 0 Å². The minimum atomic E-state index is -0.289. The van der Waals surface area contributed by atoms with Crippen LogP contribution in [-0.4, -0.2) is 18.3 Å². The standard InChI is InChI=1S/C18H19NO2/c1-14-8-10-16(11-9-14)18(20)21-13-12-15(2)19-17-6-4-3-5-7-17/h3-11H,12-13H2,1-2H3. The molecule has 0 atom stereocenters. The summed E-state index contributed by atoms with van der Waals surface area (Å²) in [7, 11) is 0. The van der Waals surface area contributed by atoms with E-state index in [1.807, 2.05) is 56.3 Å². The molecule has 3 nitrogen and oxygen atoms in total. The average Bonchev–Trinajstić information content (AvgIpc) is 2.49. The van der Waals surface area contributed by atoms with Gasteiger partial charge in [0.1, 0.15) is 0 Å². The van der Waals surface area contributed by atoms with Crippen molar-refractivity contribution in [2.24, 2.45) is 4.99 Å². The Morgan fingerprint density at radius 3 is 2.38 bits per heavy atom. The lowest BCUT2D eigenvalue weighted by Crippen LogP contribution is -2.08. The van der Waals surface area contributed by atoms with Gasteiger partial charge in [-0.05, 0) is 38.1 Å². The number of carbonyl (C=O) groups is 1. The van der Waals surface area contributed by atoms with Crippen molar-refractivity contribution in [1.29, 1.82) is 0 Å². The largest absolute Gasteiger partial charge is 0.462 e. The van der Waals surface area contributed by atoms with Gasteiger partial charge in [-0.15, -0.1) is 0 Å². The summed E-state index contributed by atoms with van der Waals surface area (Å²) in [5.74, 6) is -0.289. The molecule has 0 saturated carbocycles. The van der Waals surface area contributed by atoms with Crippen LogP contribution in [0.5, 0.6) is 0 Å². The lowest BCUT2D eigenvalue weighted by Gasteiger charge is -2.05. The molecule has 0 aliphatic carbocycles. The summed E-state index contributed by atoms with van der Waals surface area (Å²) >= 11 is 0. The highest BCUT2D eigenvalue weighted by molar-refractivity contribution is 5.90. The predicted molar refractivity (Wildman–Crippen MR) is 85.3 cm³/mol. The predicted octanol–water partition coefficient (Wildman–Crippen LogP) is 4.33. The summed E-state index contributed by atoms with van der Waals surface area (Å²) in [5.41, 5.74) is 3.56. The van der Waals surface area contributed by atoms with Crippen molar-refractivity contribution in [2.45, 2.75) is 20.3 Å². The zero-order chi connectivity index (χ0) is 15.1. The summed E-state index contributed by atoms with van der Waals surface area (Å²) in [5, 5.41) is 0. The van der Waals surface area contributed by atoms with Crippen molar-refractivity contribution in [2.75, 3.05) is 6.61 Å². The Hall–Kier alpha value is -2.42. The number of esters is 1. The molecule has 0 aliphatic rings. The van der Waals surface area contributed by atoms with Gasteiger partial charge in [-0.3, -0.25) is 4.99 Å². The molecule has 108 valence electrons. The molecular weight excluding hydrogens is 262 g/mol. The Bertz CT molecular complexity index is 615. The molecule has 3 heteroatoms. The molecular formula is C18H19NO2. The molecule has 0 spiro atoms. The van der Waals surface area contributed by atoms with Crippen LogP contribution >= 0.6 is 0 Å². The lowest BCUT2D eigenvalue weighted by atomic mass is 10.1. The second-order valence-corrected chi connectivity index (χ2v) is 4.93. The summed E-state index contributed by atoms with van der Waals surface area (Å²) in [6.45, 7) is 4.26. The first kappa shape index (κ1) is 15.0. The normalized spacial score (nSPS) is 11.2. The monoisotopic (exact) mass is 281 g/mol. The molecule has 0 unspecified atom stereocenters. The molecule has 2 aromatic carbocycles. The number of para-hydroxylation sites is 1. The number of benzene rings is 2. The Labute approximate surface area is 125 Å². The van der Waals surface area contributed by atoms with Crippen LogP contribution in [0.15, 0.2) is 59.6 Å². The number of aliphatic imine (C=N–C) groups is 1. The van der Waals surface area contributed by atoms with Gasteiger partial charge >= 0.3 is 5.97 Å². The molecule has 0 radical (unpaired) electrons. The van der Waals surface area contributed by atoms with E-state index in [1.165, 1.54) is 0 Å². The molecule has 0 N–H and O–H groups in total. The molecule has 0 aromatic heterocycles. The van der Waals surface area contributed by atoms with E-state index >= 15 is 0 Å². The average molecular weight is 281 g/mol. The molecule has 2 rings (SSSR count).